The number of aliphatic hydroxyl groups is 1. The van der Waals surface area contributed by atoms with Crippen molar-refractivity contribution < 1.29 is 33.7 Å². The lowest BCUT2D eigenvalue weighted by atomic mass is 9.86. The first kappa shape index (κ1) is 37.7. The van der Waals surface area contributed by atoms with Crippen LogP contribution in [-0.4, -0.2) is 77.5 Å². The number of aromatic nitrogens is 1. The minimum Gasteiger partial charge on any atom is -0.506 e. The van der Waals surface area contributed by atoms with Crippen molar-refractivity contribution in [3.8, 4) is 11.5 Å². The number of fused-ring (bicyclic) bond motifs is 4. The molecule has 13 heteroatoms. The van der Waals surface area contributed by atoms with Gasteiger partial charge in [-0.15, -0.1) is 0 Å². The van der Waals surface area contributed by atoms with Crippen LogP contribution in [0.4, 0.5) is 4.79 Å². The molecule has 2 amide bonds. The summed E-state index contributed by atoms with van der Waals surface area (Å²) in [5, 5.41) is 30.6. The van der Waals surface area contributed by atoms with Gasteiger partial charge in [0, 0.05) is 31.1 Å². The molecule has 2 bridgehead atoms. The molecule has 3 aromatic carbocycles. The van der Waals surface area contributed by atoms with Crippen LogP contribution in [0, 0.1) is 5.92 Å². The Labute approximate surface area is 318 Å². The third-order valence-electron chi connectivity index (χ3n) is 10.4. The number of alkyl carbamates (subject to hydrolysis) is 1. The third kappa shape index (κ3) is 9.55. The Morgan fingerprint density at radius 1 is 0.927 bits per heavy atom. The van der Waals surface area contributed by atoms with E-state index in [9.17, 15) is 24.6 Å². The van der Waals surface area contributed by atoms with E-state index in [2.05, 4.69) is 25.8 Å². The Morgan fingerprint density at radius 2 is 1.73 bits per heavy atom. The van der Waals surface area contributed by atoms with Gasteiger partial charge in [-0.25, -0.2) is 4.79 Å². The van der Waals surface area contributed by atoms with Gasteiger partial charge in [-0.05, 0) is 104 Å². The number of aromatic amines is 1. The number of aliphatic hydroxyl groups excluding tert-OH is 1. The standard InChI is InChI=1S/C42H47N5O8/c48-34-14-12-32(33-13-16-38(50)45-40(33)34)35(49)24-43-19-4-5-20-44-41(51)36-15-11-31(54-36)26-53-30-10-6-9-29(23-30)39(28-7-2-1-3-8-28)46-42(52)55-37-25-47-21-17-27(37)18-22-47/h1-3,6-16,23,27,35,37,39,43,48-49H,4-5,17-22,24-26H2,(H,44,51)(H,45,50)(H,46,52)/t35?,37?,39-/m0/s1. The zero-order chi connectivity index (χ0) is 38.1. The van der Waals surface area contributed by atoms with Crippen LogP contribution in [0.15, 0.2) is 100 Å². The molecule has 0 aliphatic carbocycles. The molecule has 3 fully saturated rings. The van der Waals surface area contributed by atoms with Gasteiger partial charge in [0.25, 0.3) is 5.91 Å². The quantitative estimate of drug-likeness (QED) is 0.0740. The molecular weight excluding hydrogens is 702 g/mol. The second-order valence-corrected chi connectivity index (χ2v) is 14.2. The van der Waals surface area contributed by atoms with Crippen molar-refractivity contribution in [3.05, 3.63) is 130 Å². The van der Waals surface area contributed by atoms with Crippen molar-refractivity contribution >= 4 is 22.9 Å². The van der Waals surface area contributed by atoms with Crippen molar-refractivity contribution in [2.45, 2.75) is 50.5 Å². The van der Waals surface area contributed by atoms with E-state index < -0.39 is 18.2 Å². The smallest absolute Gasteiger partial charge is 0.408 e. The number of hydrogen-bond acceptors (Lipinski definition) is 10. The van der Waals surface area contributed by atoms with E-state index in [0.717, 1.165) is 50.0 Å². The number of hydrogen-bond donors (Lipinski definition) is 6. The van der Waals surface area contributed by atoms with Gasteiger partial charge in [-0.2, -0.15) is 0 Å². The number of piperidine rings is 3. The number of furan rings is 1. The monoisotopic (exact) mass is 749 g/mol. The van der Waals surface area contributed by atoms with E-state index in [1.165, 1.54) is 12.1 Å². The molecule has 5 aromatic rings. The Bertz CT molecular complexity index is 2130. The fraction of sp³-hybridized carbons (Fsp3) is 0.357. The molecule has 0 radical (unpaired) electrons. The van der Waals surface area contributed by atoms with Gasteiger partial charge < -0.3 is 45.0 Å². The molecule has 3 aliphatic heterocycles. The highest BCUT2D eigenvalue weighted by Crippen LogP contribution is 2.31. The second kappa shape index (κ2) is 17.7. The molecule has 3 saturated heterocycles. The molecular formula is C42H47N5O8. The highest BCUT2D eigenvalue weighted by atomic mass is 16.6. The number of carbonyl (C=O) groups excluding carboxylic acids is 2. The number of benzene rings is 3. The maximum absolute atomic E-state index is 13.2. The van der Waals surface area contributed by atoms with E-state index in [1.54, 1.807) is 24.3 Å². The molecule has 0 saturated carbocycles. The minimum absolute atomic E-state index is 0.0545. The zero-order valence-corrected chi connectivity index (χ0v) is 30.5. The number of amides is 2. The molecule has 2 aromatic heterocycles. The fourth-order valence-corrected chi connectivity index (χ4v) is 7.42. The van der Waals surface area contributed by atoms with E-state index in [-0.39, 0.29) is 42.2 Å². The molecule has 288 valence electrons. The molecule has 55 heavy (non-hydrogen) atoms. The van der Waals surface area contributed by atoms with Gasteiger partial charge >= 0.3 is 6.09 Å². The number of phenolic OH excluding ortho intramolecular Hbond substituents is 1. The number of pyridine rings is 1. The summed E-state index contributed by atoms with van der Waals surface area (Å²) in [6.45, 7) is 4.39. The number of H-pyrrole nitrogens is 1. The molecule has 6 N–H and O–H groups in total. The van der Waals surface area contributed by atoms with E-state index in [0.29, 0.717) is 53.4 Å². The van der Waals surface area contributed by atoms with Crippen LogP contribution in [0.25, 0.3) is 10.9 Å². The van der Waals surface area contributed by atoms with Gasteiger partial charge in [0.05, 0.1) is 17.7 Å². The number of carbonyl (C=O) groups is 2. The molecule has 2 unspecified atom stereocenters. The predicted octanol–water partition coefficient (Wildman–Crippen LogP) is 5.15. The average molecular weight is 750 g/mol. The summed E-state index contributed by atoms with van der Waals surface area (Å²) in [6.07, 6.45) is 2.21. The summed E-state index contributed by atoms with van der Waals surface area (Å²) >= 11 is 0. The number of ether oxygens (including phenoxy) is 2. The molecule has 8 rings (SSSR count). The highest BCUT2D eigenvalue weighted by molar-refractivity contribution is 5.91. The normalized spacial score (nSPS) is 18.7. The summed E-state index contributed by atoms with van der Waals surface area (Å²) < 4.78 is 17.8. The number of phenols is 1. The summed E-state index contributed by atoms with van der Waals surface area (Å²) in [7, 11) is 0. The van der Waals surface area contributed by atoms with Crippen LogP contribution in [0.5, 0.6) is 11.5 Å². The van der Waals surface area contributed by atoms with Crippen molar-refractivity contribution in [2.24, 2.45) is 5.92 Å². The average Bonchev–Trinajstić information content (AvgIpc) is 3.69. The van der Waals surface area contributed by atoms with Crippen LogP contribution in [0.1, 0.15) is 70.8 Å². The Hall–Kier alpha value is -5.63. The Kier molecular flexibility index (Phi) is 12.1. The lowest BCUT2D eigenvalue weighted by Crippen LogP contribution is -2.52. The number of nitrogens with zero attached hydrogens (tertiary/aromatic N) is 1. The predicted molar refractivity (Wildman–Crippen MR) is 206 cm³/mol. The van der Waals surface area contributed by atoms with Crippen LogP contribution in [-0.2, 0) is 11.3 Å². The minimum atomic E-state index is -0.840. The second-order valence-electron chi connectivity index (χ2n) is 14.2. The third-order valence-corrected chi connectivity index (χ3v) is 10.4. The van der Waals surface area contributed by atoms with Crippen LogP contribution in [0.3, 0.4) is 0 Å². The Balaban J connectivity index is 0.849. The summed E-state index contributed by atoms with van der Waals surface area (Å²) in [4.78, 5) is 42.6. The largest absolute Gasteiger partial charge is 0.506 e. The summed E-state index contributed by atoms with van der Waals surface area (Å²) in [5.41, 5.74) is 2.32. The van der Waals surface area contributed by atoms with Crippen molar-refractivity contribution in [1.82, 2.24) is 25.8 Å². The Morgan fingerprint density at radius 3 is 2.53 bits per heavy atom. The lowest BCUT2D eigenvalue weighted by molar-refractivity contribution is -0.0336. The van der Waals surface area contributed by atoms with Gasteiger partial charge in [0.15, 0.2) is 5.76 Å². The van der Waals surface area contributed by atoms with Crippen LogP contribution >= 0.6 is 0 Å². The zero-order valence-electron chi connectivity index (χ0n) is 30.5. The topological polar surface area (TPSA) is 178 Å². The number of unbranched alkanes of at least 4 members (excludes halogenated alkanes) is 1. The number of nitrogens with one attached hydrogen (secondary N) is 4. The highest BCUT2D eigenvalue weighted by Gasteiger charge is 2.37. The van der Waals surface area contributed by atoms with E-state index >= 15 is 0 Å². The van der Waals surface area contributed by atoms with Gasteiger partial charge in [0.1, 0.15) is 30.0 Å². The van der Waals surface area contributed by atoms with Crippen LogP contribution < -0.4 is 26.2 Å². The molecule has 0 spiro atoms. The van der Waals surface area contributed by atoms with E-state index in [4.69, 9.17) is 13.9 Å². The first-order valence-corrected chi connectivity index (χ1v) is 18.9. The maximum Gasteiger partial charge on any atom is 0.408 e. The summed E-state index contributed by atoms with van der Waals surface area (Å²) in [6, 6.07) is 26.2. The fourth-order valence-electron chi connectivity index (χ4n) is 7.42. The van der Waals surface area contributed by atoms with Crippen LogP contribution in [0.2, 0.25) is 0 Å². The number of rotatable bonds is 16. The van der Waals surface area contributed by atoms with Crippen molar-refractivity contribution in [3.63, 3.8) is 0 Å². The lowest BCUT2D eigenvalue weighted by Gasteiger charge is -2.43. The van der Waals surface area contributed by atoms with Gasteiger partial charge in [-0.3, -0.25) is 14.5 Å². The number of aromatic hydroxyl groups is 1. The van der Waals surface area contributed by atoms with Crippen molar-refractivity contribution in [2.75, 3.05) is 39.3 Å². The molecule has 3 aliphatic rings. The first-order valence-electron chi connectivity index (χ1n) is 18.9. The molecule has 5 heterocycles. The molecule has 3 atom stereocenters. The maximum atomic E-state index is 13.2. The van der Waals surface area contributed by atoms with E-state index in [1.807, 2.05) is 54.6 Å². The van der Waals surface area contributed by atoms with Gasteiger partial charge in [0.2, 0.25) is 5.56 Å². The van der Waals surface area contributed by atoms with Gasteiger partial charge in [-0.1, -0.05) is 48.5 Å². The molecule has 13 nitrogen and oxygen atoms in total. The summed E-state index contributed by atoms with van der Waals surface area (Å²) in [5.74, 6) is 1.30. The van der Waals surface area contributed by atoms with Crippen molar-refractivity contribution in [1.29, 1.82) is 0 Å². The first-order chi connectivity index (χ1) is 26.8. The SMILES string of the molecule is O=C(N[C@@H](c1ccccc1)c1cccc(OCc2ccc(C(=O)NCCCCNCC(O)c3ccc(O)c4[nH]c(=O)ccc34)o2)c1)OC1CN2CCC1CC2.